The molecule has 1 unspecified atom stereocenters. The van der Waals surface area contributed by atoms with E-state index in [4.69, 9.17) is 4.74 Å². The number of rotatable bonds is 8. The predicted octanol–water partition coefficient (Wildman–Crippen LogP) is 4.29. The lowest BCUT2D eigenvalue weighted by Gasteiger charge is -2.33. The van der Waals surface area contributed by atoms with Gasteiger partial charge in [0.05, 0.1) is 12.6 Å². The number of hydrogen-bond donors (Lipinski definition) is 2. The molecule has 0 saturated heterocycles. The van der Waals surface area contributed by atoms with Crippen LogP contribution in [-0.4, -0.2) is 25.0 Å². The van der Waals surface area contributed by atoms with Gasteiger partial charge < -0.3 is 15.4 Å². The van der Waals surface area contributed by atoms with Gasteiger partial charge in [0, 0.05) is 6.08 Å². The molecule has 32 heavy (non-hydrogen) atoms. The molecule has 0 aliphatic rings. The summed E-state index contributed by atoms with van der Waals surface area (Å²) in [5.74, 6) is 0.132. The predicted molar refractivity (Wildman–Crippen MR) is 127 cm³/mol. The van der Waals surface area contributed by atoms with Crippen LogP contribution in [0, 0.1) is 0 Å². The third-order valence-corrected chi connectivity index (χ3v) is 5.37. The van der Waals surface area contributed by atoms with Gasteiger partial charge in [0.1, 0.15) is 11.8 Å². The van der Waals surface area contributed by atoms with Gasteiger partial charge in [-0.3, -0.25) is 9.59 Å². The summed E-state index contributed by atoms with van der Waals surface area (Å²) in [6.07, 6.45) is 3.11. The summed E-state index contributed by atoms with van der Waals surface area (Å²) in [6.45, 7) is 3.64. The Kier molecular flexibility index (Phi) is 7.45. The van der Waals surface area contributed by atoms with Gasteiger partial charge >= 0.3 is 0 Å². The van der Waals surface area contributed by atoms with Crippen molar-refractivity contribution in [3.8, 4) is 5.75 Å². The zero-order chi connectivity index (χ0) is 23.0. The Labute approximate surface area is 189 Å². The largest absolute Gasteiger partial charge is 0.497 e. The minimum absolute atomic E-state index is 0.272. The minimum atomic E-state index is -0.739. The molecule has 1 atom stereocenters. The highest BCUT2D eigenvalue weighted by Gasteiger charge is 2.32. The molecular formula is C27H28N2O3. The number of carbonyl (C=O) groups is 2. The summed E-state index contributed by atoms with van der Waals surface area (Å²) in [5.41, 5.74) is 2.03. The van der Waals surface area contributed by atoms with E-state index in [1.807, 2.05) is 91.9 Å². The van der Waals surface area contributed by atoms with Gasteiger partial charge in [-0.05, 0) is 48.7 Å². The lowest BCUT2D eigenvalue weighted by atomic mass is 9.84. The normalized spacial score (nSPS) is 12.2. The van der Waals surface area contributed by atoms with Gasteiger partial charge in [-0.25, -0.2) is 0 Å². The van der Waals surface area contributed by atoms with Gasteiger partial charge in [0.15, 0.2) is 0 Å². The molecule has 0 aliphatic heterocycles. The molecule has 0 aliphatic carbocycles. The van der Waals surface area contributed by atoms with Gasteiger partial charge in [0.25, 0.3) is 0 Å². The Morgan fingerprint density at radius 3 is 1.91 bits per heavy atom. The van der Waals surface area contributed by atoms with Crippen LogP contribution in [0.3, 0.4) is 0 Å². The van der Waals surface area contributed by atoms with Gasteiger partial charge in [-0.2, -0.15) is 0 Å². The topological polar surface area (TPSA) is 67.4 Å². The van der Waals surface area contributed by atoms with E-state index < -0.39 is 11.6 Å². The van der Waals surface area contributed by atoms with Crippen molar-refractivity contribution < 1.29 is 14.3 Å². The molecule has 0 spiro atoms. The second-order valence-electron chi connectivity index (χ2n) is 7.68. The summed E-state index contributed by atoms with van der Waals surface area (Å²) in [5, 5.41) is 5.86. The first-order valence-electron chi connectivity index (χ1n) is 10.5. The van der Waals surface area contributed by atoms with Crippen molar-refractivity contribution in [3.05, 3.63) is 108 Å². The van der Waals surface area contributed by atoms with Crippen LogP contribution in [0.2, 0.25) is 0 Å². The highest BCUT2D eigenvalue weighted by molar-refractivity contribution is 5.95. The van der Waals surface area contributed by atoms with Crippen LogP contribution in [0.15, 0.2) is 91.0 Å². The van der Waals surface area contributed by atoms with Crippen molar-refractivity contribution >= 4 is 17.9 Å². The van der Waals surface area contributed by atoms with Crippen molar-refractivity contribution in [2.75, 3.05) is 7.11 Å². The van der Waals surface area contributed by atoms with E-state index >= 15 is 0 Å². The first-order chi connectivity index (χ1) is 15.4. The summed E-state index contributed by atoms with van der Waals surface area (Å²) in [6, 6.07) is 26.2. The second-order valence-corrected chi connectivity index (χ2v) is 7.68. The molecule has 3 rings (SSSR count). The Bertz CT molecular complexity index is 1020. The number of methoxy groups -OCH3 is 1. The van der Waals surface area contributed by atoms with Crippen LogP contribution in [0.4, 0.5) is 0 Å². The monoisotopic (exact) mass is 428 g/mol. The molecule has 5 nitrogen and oxygen atoms in total. The van der Waals surface area contributed by atoms with E-state index in [2.05, 4.69) is 10.6 Å². The number of carbonyl (C=O) groups excluding carboxylic acids is 2. The van der Waals surface area contributed by atoms with Crippen molar-refractivity contribution in [1.29, 1.82) is 0 Å². The molecular weight excluding hydrogens is 400 g/mol. The van der Waals surface area contributed by atoms with Gasteiger partial charge in [-0.15, -0.1) is 0 Å². The molecule has 0 heterocycles. The second kappa shape index (κ2) is 10.4. The van der Waals surface area contributed by atoms with Crippen LogP contribution < -0.4 is 15.4 Å². The minimum Gasteiger partial charge on any atom is -0.497 e. The van der Waals surface area contributed by atoms with E-state index in [9.17, 15) is 9.59 Å². The fourth-order valence-electron chi connectivity index (χ4n) is 3.42. The average molecular weight is 429 g/mol. The Hall–Kier alpha value is -3.86. The Morgan fingerprint density at radius 1 is 0.875 bits per heavy atom. The molecule has 5 heteroatoms. The fourth-order valence-corrected chi connectivity index (χ4v) is 3.42. The summed E-state index contributed by atoms with van der Waals surface area (Å²) < 4.78 is 5.13. The molecule has 0 fully saturated rings. The van der Waals surface area contributed by atoms with E-state index in [1.165, 1.54) is 6.08 Å². The molecule has 3 aromatic carbocycles. The fraction of sp³-hybridized carbons (Fsp3) is 0.185. The van der Waals surface area contributed by atoms with Crippen LogP contribution in [-0.2, 0) is 15.1 Å². The standard InChI is InChI=1S/C27H28N2O3/c1-20(28-25(30)19-16-21-14-17-24(32-3)18-15-21)26(31)29-27(2,22-10-6-4-7-11-22)23-12-8-5-9-13-23/h4-20H,1-3H3,(H,28,30)(H,29,31)/b19-16+. The highest BCUT2D eigenvalue weighted by atomic mass is 16.5. The Balaban J connectivity index is 1.69. The molecule has 3 aromatic rings. The molecule has 2 N–H and O–H groups in total. The summed E-state index contributed by atoms with van der Waals surface area (Å²) in [4.78, 5) is 25.4. The highest BCUT2D eigenvalue weighted by Crippen LogP contribution is 2.29. The quantitative estimate of drug-likeness (QED) is 0.526. The smallest absolute Gasteiger partial charge is 0.244 e. The maximum atomic E-state index is 13.0. The van der Waals surface area contributed by atoms with Crippen molar-refractivity contribution in [3.63, 3.8) is 0 Å². The zero-order valence-corrected chi connectivity index (χ0v) is 18.5. The van der Waals surface area contributed by atoms with Crippen LogP contribution in [0.1, 0.15) is 30.5 Å². The van der Waals surface area contributed by atoms with Crippen LogP contribution >= 0.6 is 0 Å². The number of benzene rings is 3. The SMILES string of the molecule is COc1ccc(/C=C/C(=O)NC(C)C(=O)NC(C)(c2ccccc2)c2ccccc2)cc1. The molecule has 0 aromatic heterocycles. The maximum Gasteiger partial charge on any atom is 0.244 e. The van der Waals surface area contributed by atoms with E-state index in [-0.39, 0.29) is 11.8 Å². The third kappa shape index (κ3) is 5.64. The number of ether oxygens (including phenoxy) is 1. The first kappa shape index (κ1) is 22.8. The third-order valence-electron chi connectivity index (χ3n) is 5.37. The van der Waals surface area contributed by atoms with Crippen molar-refractivity contribution in [2.45, 2.75) is 25.4 Å². The lowest BCUT2D eigenvalue weighted by Crippen LogP contribution is -2.52. The average Bonchev–Trinajstić information content (AvgIpc) is 2.84. The molecule has 0 radical (unpaired) electrons. The van der Waals surface area contributed by atoms with Crippen LogP contribution in [0.5, 0.6) is 5.75 Å². The molecule has 0 bridgehead atoms. The summed E-state index contributed by atoms with van der Waals surface area (Å²) in [7, 11) is 1.60. The van der Waals surface area contributed by atoms with Crippen molar-refractivity contribution in [2.24, 2.45) is 0 Å². The summed E-state index contributed by atoms with van der Waals surface area (Å²) >= 11 is 0. The number of nitrogens with one attached hydrogen (secondary N) is 2. The maximum absolute atomic E-state index is 13.0. The van der Waals surface area contributed by atoms with Gasteiger partial charge in [-0.1, -0.05) is 72.8 Å². The van der Waals surface area contributed by atoms with Crippen molar-refractivity contribution in [1.82, 2.24) is 10.6 Å². The zero-order valence-electron chi connectivity index (χ0n) is 18.5. The molecule has 2 amide bonds. The van der Waals surface area contributed by atoms with Gasteiger partial charge in [0.2, 0.25) is 11.8 Å². The molecule has 0 saturated carbocycles. The first-order valence-corrected chi connectivity index (χ1v) is 10.5. The van der Waals surface area contributed by atoms with E-state index in [0.29, 0.717) is 0 Å². The Morgan fingerprint density at radius 2 is 1.41 bits per heavy atom. The lowest BCUT2D eigenvalue weighted by molar-refractivity contribution is -0.127. The van der Waals surface area contributed by atoms with Crippen LogP contribution in [0.25, 0.3) is 6.08 Å². The van der Waals surface area contributed by atoms with E-state index in [0.717, 1.165) is 22.4 Å². The number of hydrogen-bond acceptors (Lipinski definition) is 3. The number of amides is 2. The molecule has 164 valence electrons. The van der Waals surface area contributed by atoms with E-state index in [1.54, 1.807) is 20.1 Å².